The summed E-state index contributed by atoms with van der Waals surface area (Å²) < 4.78 is 12.9. The number of amides is 2. The lowest BCUT2D eigenvalue weighted by Crippen LogP contribution is -2.17. The number of aromatic nitrogens is 2. The molecule has 0 unspecified atom stereocenters. The van der Waals surface area contributed by atoms with Gasteiger partial charge in [0.25, 0.3) is 11.8 Å². The summed E-state index contributed by atoms with van der Waals surface area (Å²) in [6, 6.07) is 9.16. The summed E-state index contributed by atoms with van der Waals surface area (Å²) in [6.45, 7) is 6.54. The fourth-order valence-corrected chi connectivity index (χ4v) is 2.63. The van der Waals surface area contributed by atoms with Gasteiger partial charge in [-0.1, -0.05) is 12.1 Å². The first-order valence-electron chi connectivity index (χ1n) is 8.84. The maximum Gasteiger partial charge on any atom is 0.291 e. The number of anilines is 1. The monoisotopic (exact) mass is 382 g/mol. The number of benzene rings is 1. The zero-order valence-corrected chi connectivity index (χ0v) is 16.0. The van der Waals surface area contributed by atoms with E-state index in [2.05, 4.69) is 10.4 Å². The molecule has 0 saturated heterocycles. The summed E-state index contributed by atoms with van der Waals surface area (Å²) in [4.78, 5) is 23.9. The molecule has 1 aromatic carbocycles. The summed E-state index contributed by atoms with van der Waals surface area (Å²) in [6.07, 6.45) is 1.55. The van der Waals surface area contributed by atoms with Crippen LogP contribution in [-0.2, 0) is 13.2 Å². The minimum atomic E-state index is -0.718. The molecular weight excluding hydrogens is 360 g/mol. The lowest BCUT2D eigenvalue weighted by atomic mass is 10.1. The minimum absolute atomic E-state index is 0.000218. The number of nitrogens with one attached hydrogen (secondary N) is 1. The van der Waals surface area contributed by atoms with Crippen molar-refractivity contribution in [3.05, 3.63) is 64.9 Å². The van der Waals surface area contributed by atoms with Gasteiger partial charge in [-0.05, 0) is 50.1 Å². The van der Waals surface area contributed by atoms with Crippen molar-refractivity contribution in [2.75, 3.05) is 5.32 Å². The molecular formula is C20H22N4O4. The van der Waals surface area contributed by atoms with Gasteiger partial charge in [0, 0.05) is 12.7 Å². The summed E-state index contributed by atoms with van der Waals surface area (Å²) in [5, 5.41) is 6.64. The Balaban J connectivity index is 1.68. The Kier molecular flexibility index (Phi) is 5.49. The third kappa shape index (κ3) is 4.22. The molecule has 2 aromatic heterocycles. The van der Waals surface area contributed by atoms with Crippen molar-refractivity contribution < 1.29 is 18.7 Å². The van der Waals surface area contributed by atoms with E-state index in [-0.39, 0.29) is 23.7 Å². The van der Waals surface area contributed by atoms with Crippen LogP contribution in [0, 0.1) is 13.8 Å². The SMILES string of the molecule is CCn1cc(NC(=O)c2ccc(COc3cc(C)ccc3C)o2)c(C(N)=O)n1. The van der Waals surface area contributed by atoms with Gasteiger partial charge in [-0.2, -0.15) is 5.10 Å². The Labute approximate surface area is 162 Å². The number of rotatable bonds is 7. The lowest BCUT2D eigenvalue weighted by Gasteiger charge is -2.08. The standard InChI is InChI=1S/C20H22N4O4/c1-4-24-10-15(18(23-24)19(21)25)22-20(26)16-8-7-14(28-16)11-27-17-9-12(2)5-6-13(17)3/h5-10H,4,11H2,1-3H3,(H2,21,25)(H,22,26). The van der Waals surface area contributed by atoms with E-state index >= 15 is 0 Å². The van der Waals surface area contributed by atoms with Crippen molar-refractivity contribution in [1.82, 2.24) is 9.78 Å². The second-order valence-corrected chi connectivity index (χ2v) is 6.39. The quantitative estimate of drug-likeness (QED) is 0.652. The fourth-order valence-electron chi connectivity index (χ4n) is 2.63. The highest BCUT2D eigenvalue weighted by Gasteiger charge is 2.19. The van der Waals surface area contributed by atoms with Crippen LogP contribution in [0.25, 0.3) is 0 Å². The minimum Gasteiger partial charge on any atom is -0.485 e. The number of primary amides is 1. The molecule has 0 fully saturated rings. The van der Waals surface area contributed by atoms with Gasteiger partial charge in [-0.25, -0.2) is 0 Å². The zero-order valence-electron chi connectivity index (χ0n) is 16.0. The highest BCUT2D eigenvalue weighted by molar-refractivity contribution is 6.06. The van der Waals surface area contributed by atoms with Gasteiger partial charge >= 0.3 is 0 Å². The van der Waals surface area contributed by atoms with Gasteiger partial charge in [0.1, 0.15) is 18.1 Å². The largest absolute Gasteiger partial charge is 0.485 e. The third-order valence-electron chi connectivity index (χ3n) is 4.17. The highest BCUT2D eigenvalue weighted by Crippen LogP contribution is 2.21. The summed E-state index contributed by atoms with van der Waals surface area (Å²) in [5.41, 5.74) is 7.66. The molecule has 8 nitrogen and oxygen atoms in total. The lowest BCUT2D eigenvalue weighted by molar-refractivity contribution is 0.0992. The molecule has 28 heavy (non-hydrogen) atoms. The molecule has 0 aliphatic carbocycles. The number of hydrogen-bond acceptors (Lipinski definition) is 5. The van der Waals surface area contributed by atoms with Crippen LogP contribution in [0.5, 0.6) is 5.75 Å². The summed E-state index contributed by atoms with van der Waals surface area (Å²) in [7, 11) is 0. The van der Waals surface area contributed by atoms with Gasteiger partial charge in [0.05, 0.1) is 5.69 Å². The van der Waals surface area contributed by atoms with E-state index in [4.69, 9.17) is 14.9 Å². The molecule has 2 amide bonds. The molecule has 2 heterocycles. The van der Waals surface area contributed by atoms with E-state index in [9.17, 15) is 9.59 Å². The average Bonchev–Trinajstić information content (AvgIpc) is 3.29. The van der Waals surface area contributed by atoms with E-state index in [0.29, 0.717) is 12.3 Å². The number of nitrogens with two attached hydrogens (primary N) is 1. The number of carbonyl (C=O) groups excluding carboxylic acids is 2. The number of aryl methyl sites for hydroxylation is 3. The topological polar surface area (TPSA) is 112 Å². The second-order valence-electron chi connectivity index (χ2n) is 6.39. The Bertz CT molecular complexity index is 1020. The summed E-state index contributed by atoms with van der Waals surface area (Å²) >= 11 is 0. The van der Waals surface area contributed by atoms with Crippen LogP contribution in [0.3, 0.4) is 0 Å². The van der Waals surface area contributed by atoms with Crippen molar-refractivity contribution >= 4 is 17.5 Å². The van der Waals surface area contributed by atoms with Crippen LogP contribution in [-0.4, -0.2) is 21.6 Å². The maximum absolute atomic E-state index is 12.4. The molecule has 0 aliphatic rings. The van der Waals surface area contributed by atoms with Crippen LogP contribution >= 0.6 is 0 Å². The first kappa shape index (κ1) is 19.2. The predicted molar refractivity (Wildman–Crippen MR) is 103 cm³/mol. The first-order chi connectivity index (χ1) is 13.4. The fraction of sp³-hybridized carbons (Fsp3) is 0.250. The molecule has 3 rings (SSSR count). The van der Waals surface area contributed by atoms with E-state index < -0.39 is 11.8 Å². The van der Waals surface area contributed by atoms with Crippen molar-refractivity contribution in [3.8, 4) is 5.75 Å². The molecule has 3 N–H and O–H groups in total. The van der Waals surface area contributed by atoms with Crippen molar-refractivity contribution in [2.24, 2.45) is 5.73 Å². The van der Waals surface area contributed by atoms with Crippen LogP contribution in [0.1, 0.15) is 44.9 Å². The zero-order chi connectivity index (χ0) is 20.3. The van der Waals surface area contributed by atoms with Crippen molar-refractivity contribution in [3.63, 3.8) is 0 Å². The molecule has 0 spiro atoms. The molecule has 146 valence electrons. The van der Waals surface area contributed by atoms with Crippen LogP contribution in [0.4, 0.5) is 5.69 Å². The number of nitrogens with zero attached hydrogens (tertiary/aromatic N) is 2. The number of ether oxygens (including phenoxy) is 1. The van der Waals surface area contributed by atoms with Gasteiger partial charge in [-0.3, -0.25) is 14.3 Å². The van der Waals surface area contributed by atoms with Crippen molar-refractivity contribution in [2.45, 2.75) is 33.9 Å². The smallest absolute Gasteiger partial charge is 0.291 e. The molecule has 0 aliphatic heterocycles. The number of carbonyl (C=O) groups is 2. The Morgan fingerprint density at radius 1 is 1.25 bits per heavy atom. The van der Waals surface area contributed by atoms with E-state index in [1.165, 1.54) is 4.68 Å². The van der Waals surface area contributed by atoms with E-state index in [1.807, 2.05) is 39.0 Å². The Morgan fingerprint density at radius 3 is 2.75 bits per heavy atom. The maximum atomic E-state index is 12.4. The first-order valence-corrected chi connectivity index (χ1v) is 8.84. The highest BCUT2D eigenvalue weighted by atomic mass is 16.5. The Morgan fingerprint density at radius 2 is 2.04 bits per heavy atom. The molecule has 0 saturated carbocycles. The van der Waals surface area contributed by atoms with Crippen molar-refractivity contribution in [1.29, 1.82) is 0 Å². The van der Waals surface area contributed by atoms with E-state index in [0.717, 1.165) is 16.9 Å². The average molecular weight is 382 g/mol. The van der Waals surface area contributed by atoms with Gasteiger partial charge < -0.3 is 20.2 Å². The van der Waals surface area contributed by atoms with Gasteiger partial charge in [0.15, 0.2) is 11.5 Å². The Hall–Kier alpha value is -3.55. The third-order valence-corrected chi connectivity index (χ3v) is 4.17. The normalized spacial score (nSPS) is 10.7. The molecule has 8 heteroatoms. The second kappa shape index (κ2) is 7.99. The van der Waals surface area contributed by atoms with Gasteiger partial charge in [-0.15, -0.1) is 0 Å². The molecule has 0 atom stereocenters. The number of furan rings is 1. The predicted octanol–water partition coefficient (Wildman–Crippen LogP) is 3.04. The summed E-state index contributed by atoms with van der Waals surface area (Å²) in [5.74, 6) is 0.144. The molecule has 0 radical (unpaired) electrons. The molecule has 3 aromatic rings. The molecule has 0 bridgehead atoms. The number of hydrogen-bond donors (Lipinski definition) is 2. The van der Waals surface area contributed by atoms with Crippen LogP contribution in [0.15, 0.2) is 40.9 Å². The van der Waals surface area contributed by atoms with E-state index in [1.54, 1.807) is 18.3 Å². The van der Waals surface area contributed by atoms with Gasteiger partial charge in [0.2, 0.25) is 0 Å². The van der Waals surface area contributed by atoms with Crippen LogP contribution < -0.4 is 15.8 Å². The van der Waals surface area contributed by atoms with Crippen LogP contribution in [0.2, 0.25) is 0 Å².